The molecular formula is C23H25NO4S. The van der Waals surface area contributed by atoms with Crippen LogP contribution in [0.4, 0.5) is 0 Å². The molecule has 0 fully saturated rings. The minimum Gasteiger partial charge on any atom is -0.441 e. The third kappa shape index (κ3) is 6.12. The van der Waals surface area contributed by atoms with E-state index in [1.54, 1.807) is 6.92 Å². The lowest BCUT2D eigenvalue weighted by atomic mass is 10.1. The van der Waals surface area contributed by atoms with E-state index in [0.717, 1.165) is 23.1 Å². The number of oxazole rings is 1. The van der Waals surface area contributed by atoms with Gasteiger partial charge in [-0.25, -0.2) is 13.4 Å². The summed E-state index contributed by atoms with van der Waals surface area (Å²) in [4.78, 5) is 16.5. The number of hydrogen-bond acceptors (Lipinski definition) is 5. The van der Waals surface area contributed by atoms with Crippen LogP contribution in [0.2, 0.25) is 0 Å². The summed E-state index contributed by atoms with van der Waals surface area (Å²) in [5.74, 6) is -0.171. The van der Waals surface area contributed by atoms with Crippen LogP contribution >= 0.6 is 0 Å². The van der Waals surface area contributed by atoms with Crippen LogP contribution in [-0.2, 0) is 26.8 Å². The lowest BCUT2D eigenvalue weighted by molar-refractivity contribution is -0.116. The highest BCUT2D eigenvalue weighted by atomic mass is 32.2. The Balaban J connectivity index is 1.57. The molecule has 6 heteroatoms. The van der Waals surface area contributed by atoms with Crippen molar-refractivity contribution < 1.29 is 17.6 Å². The smallest absolute Gasteiger partial charge is 0.226 e. The Morgan fingerprint density at radius 3 is 2.38 bits per heavy atom. The van der Waals surface area contributed by atoms with Crippen molar-refractivity contribution in [2.75, 3.05) is 5.75 Å². The van der Waals surface area contributed by atoms with Gasteiger partial charge >= 0.3 is 0 Å². The number of nitrogens with zero attached hydrogens (tertiary/aromatic N) is 1. The topological polar surface area (TPSA) is 77.2 Å². The van der Waals surface area contributed by atoms with Gasteiger partial charge in [0.1, 0.15) is 17.3 Å². The molecule has 0 spiro atoms. The summed E-state index contributed by atoms with van der Waals surface area (Å²) in [6.45, 7) is 3.68. The number of aromatic nitrogens is 1. The zero-order chi connectivity index (χ0) is 20.9. The van der Waals surface area contributed by atoms with E-state index in [1.165, 1.54) is 0 Å². The Hall–Kier alpha value is -2.73. The monoisotopic (exact) mass is 411 g/mol. The second-order valence-electron chi connectivity index (χ2n) is 7.30. The molecule has 0 amide bonds. The second kappa shape index (κ2) is 9.18. The van der Waals surface area contributed by atoms with Crippen molar-refractivity contribution in [3.8, 4) is 11.5 Å². The maximum absolute atomic E-state index is 12.5. The number of hydrogen-bond donors (Lipinski definition) is 0. The van der Waals surface area contributed by atoms with Crippen molar-refractivity contribution in [1.82, 2.24) is 4.98 Å². The number of carbonyl (C=O) groups excluding carboxylic acids is 1. The highest BCUT2D eigenvalue weighted by Gasteiger charge is 2.22. The molecule has 3 rings (SSSR count). The number of benzene rings is 2. The average Bonchev–Trinajstić information content (AvgIpc) is 3.02. The van der Waals surface area contributed by atoms with E-state index in [4.69, 9.17) is 4.42 Å². The predicted octanol–water partition coefficient (Wildman–Crippen LogP) is 4.47. The number of carbonyl (C=O) groups is 1. The molecule has 0 atom stereocenters. The predicted molar refractivity (Wildman–Crippen MR) is 113 cm³/mol. The van der Waals surface area contributed by atoms with Crippen molar-refractivity contribution in [3.63, 3.8) is 0 Å². The number of aryl methyl sites for hydroxylation is 3. The van der Waals surface area contributed by atoms with E-state index in [9.17, 15) is 13.2 Å². The van der Waals surface area contributed by atoms with Crippen LogP contribution in [-0.4, -0.2) is 24.9 Å². The van der Waals surface area contributed by atoms with Gasteiger partial charge in [0.05, 0.1) is 11.4 Å². The molecule has 152 valence electrons. The van der Waals surface area contributed by atoms with Gasteiger partial charge in [-0.1, -0.05) is 48.0 Å². The van der Waals surface area contributed by atoms with Gasteiger partial charge in [-0.3, -0.25) is 4.79 Å². The minimum atomic E-state index is -3.60. The first-order valence-electron chi connectivity index (χ1n) is 9.62. The van der Waals surface area contributed by atoms with Crippen molar-refractivity contribution in [2.45, 2.75) is 38.9 Å². The van der Waals surface area contributed by atoms with Crippen LogP contribution in [0.5, 0.6) is 0 Å². The molecule has 0 saturated heterocycles. The fraction of sp³-hybridized carbons (Fsp3) is 0.304. The van der Waals surface area contributed by atoms with E-state index in [1.807, 2.05) is 61.5 Å². The van der Waals surface area contributed by atoms with Crippen molar-refractivity contribution in [3.05, 3.63) is 77.2 Å². The van der Waals surface area contributed by atoms with Crippen LogP contribution in [0, 0.1) is 13.8 Å². The quantitative estimate of drug-likeness (QED) is 0.519. The van der Waals surface area contributed by atoms with Gasteiger partial charge in [-0.05, 0) is 44.4 Å². The summed E-state index contributed by atoms with van der Waals surface area (Å²) in [7, 11) is -3.60. The first-order chi connectivity index (χ1) is 13.8. The molecule has 29 heavy (non-hydrogen) atoms. The standard InChI is InChI=1S/C23H25NO4S/c1-17-11-13-20(14-12-17)23-24-22(18(2)28-23)16-29(26,27)15-21(25)10-6-9-19-7-4-3-5-8-19/h3-5,7-8,11-14H,6,9-10,15-16H2,1-2H3. The molecule has 0 aliphatic carbocycles. The highest BCUT2D eigenvalue weighted by Crippen LogP contribution is 2.23. The first-order valence-corrected chi connectivity index (χ1v) is 11.4. The van der Waals surface area contributed by atoms with Gasteiger partial charge in [0.2, 0.25) is 5.89 Å². The molecule has 2 aromatic carbocycles. The fourth-order valence-electron chi connectivity index (χ4n) is 3.09. The zero-order valence-electron chi connectivity index (χ0n) is 16.7. The SMILES string of the molecule is Cc1ccc(-c2nc(CS(=O)(=O)CC(=O)CCCc3ccccc3)c(C)o2)cc1. The summed E-state index contributed by atoms with van der Waals surface area (Å²) in [5.41, 5.74) is 3.41. The molecule has 0 bridgehead atoms. The van der Waals surface area contributed by atoms with E-state index >= 15 is 0 Å². The molecule has 0 aliphatic rings. The average molecular weight is 412 g/mol. The van der Waals surface area contributed by atoms with Crippen molar-refractivity contribution in [2.24, 2.45) is 0 Å². The Morgan fingerprint density at radius 2 is 1.69 bits per heavy atom. The minimum absolute atomic E-state index is 0.251. The first kappa shape index (κ1) is 21.0. The lowest BCUT2D eigenvalue weighted by Crippen LogP contribution is -2.18. The Morgan fingerprint density at radius 1 is 1.00 bits per heavy atom. The Kier molecular flexibility index (Phi) is 6.64. The number of ketones is 1. The van der Waals surface area contributed by atoms with Crippen molar-refractivity contribution in [1.29, 1.82) is 0 Å². The second-order valence-corrected chi connectivity index (χ2v) is 9.36. The summed E-state index contributed by atoms with van der Waals surface area (Å²) >= 11 is 0. The molecule has 0 unspecified atom stereocenters. The van der Waals surface area contributed by atoms with Gasteiger partial charge in [-0.15, -0.1) is 0 Å². The molecule has 0 saturated carbocycles. The third-order valence-electron chi connectivity index (χ3n) is 4.69. The summed E-state index contributed by atoms with van der Waals surface area (Å²) < 4.78 is 30.6. The van der Waals surface area contributed by atoms with Crippen LogP contribution in [0.3, 0.4) is 0 Å². The summed E-state index contributed by atoms with van der Waals surface area (Å²) in [6.07, 6.45) is 1.65. The number of sulfone groups is 1. The van der Waals surface area contributed by atoms with Crippen LogP contribution in [0.1, 0.15) is 35.4 Å². The third-order valence-corrected chi connectivity index (χ3v) is 6.17. The van der Waals surface area contributed by atoms with Gasteiger partial charge < -0.3 is 4.42 Å². The molecule has 1 aromatic heterocycles. The summed E-state index contributed by atoms with van der Waals surface area (Å²) in [5, 5.41) is 0. The maximum atomic E-state index is 12.5. The van der Waals surface area contributed by atoms with E-state index in [-0.39, 0.29) is 18.0 Å². The summed E-state index contributed by atoms with van der Waals surface area (Å²) in [6, 6.07) is 17.5. The molecule has 3 aromatic rings. The van der Waals surface area contributed by atoms with E-state index in [2.05, 4.69) is 4.98 Å². The molecule has 0 N–H and O–H groups in total. The van der Waals surface area contributed by atoms with Crippen LogP contribution in [0.25, 0.3) is 11.5 Å². The normalized spacial score (nSPS) is 11.5. The lowest BCUT2D eigenvalue weighted by Gasteiger charge is -2.03. The molecule has 1 heterocycles. The van der Waals surface area contributed by atoms with Crippen LogP contribution in [0.15, 0.2) is 59.0 Å². The van der Waals surface area contributed by atoms with Crippen molar-refractivity contribution >= 4 is 15.6 Å². The number of Topliss-reactive ketones (excluding diaryl/α,β-unsaturated/α-hetero) is 1. The van der Waals surface area contributed by atoms with E-state index < -0.39 is 15.6 Å². The zero-order valence-corrected chi connectivity index (χ0v) is 17.5. The molecule has 0 radical (unpaired) electrons. The Labute approximate surface area is 171 Å². The van der Waals surface area contributed by atoms with Gasteiger partial charge in [0, 0.05) is 12.0 Å². The van der Waals surface area contributed by atoms with Gasteiger partial charge in [0.25, 0.3) is 0 Å². The fourth-order valence-corrected chi connectivity index (χ4v) is 4.51. The van der Waals surface area contributed by atoms with Crippen LogP contribution < -0.4 is 0 Å². The number of rotatable bonds is 9. The molecule has 0 aliphatic heterocycles. The highest BCUT2D eigenvalue weighted by molar-refractivity contribution is 7.91. The maximum Gasteiger partial charge on any atom is 0.226 e. The molecule has 5 nitrogen and oxygen atoms in total. The van der Waals surface area contributed by atoms with Gasteiger partial charge in [-0.2, -0.15) is 0 Å². The van der Waals surface area contributed by atoms with E-state index in [0.29, 0.717) is 23.8 Å². The Bertz CT molecular complexity index is 1070. The van der Waals surface area contributed by atoms with Gasteiger partial charge in [0.15, 0.2) is 9.84 Å². The molecular weight excluding hydrogens is 386 g/mol. The largest absolute Gasteiger partial charge is 0.441 e.